The molecule has 28 heavy (non-hydrogen) atoms. The summed E-state index contributed by atoms with van der Waals surface area (Å²) in [5.41, 5.74) is 2.18. The lowest BCUT2D eigenvalue weighted by Crippen LogP contribution is -3.06. The Hall–Kier alpha value is -3.46. The van der Waals surface area contributed by atoms with E-state index < -0.39 is 4.92 Å². The maximum atomic E-state index is 12.8. The summed E-state index contributed by atoms with van der Waals surface area (Å²) in [5, 5.41) is 18.6. The minimum Gasteiger partial charge on any atom is -0.349 e. The molecule has 0 spiro atoms. The van der Waals surface area contributed by atoms with Crippen LogP contribution < -0.4 is 10.2 Å². The molecule has 0 saturated heterocycles. The first kappa shape index (κ1) is 19.3. The van der Waals surface area contributed by atoms with Gasteiger partial charge in [0.2, 0.25) is 0 Å². The average Bonchev–Trinajstić information content (AvgIpc) is 3.27. The quantitative estimate of drug-likeness (QED) is 0.462. The van der Waals surface area contributed by atoms with E-state index in [4.69, 9.17) is 0 Å². The first-order valence-electron chi connectivity index (χ1n) is 8.90. The molecule has 0 unspecified atom stereocenters. The fourth-order valence-corrected chi connectivity index (χ4v) is 2.85. The van der Waals surface area contributed by atoms with Gasteiger partial charge in [0.1, 0.15) is 11.4 Å². The van der Waals surface area contributed by atoms with E-state index in [1.54, 1.807) is 18.2 Å². The minimum absolute atomic E-state index is 0.0593. The minimum atomic E-state index is -0.468. The molecule has 3 aromatic rings. The summed E-state index contributed by atoms with van der Waals surface area (Å²) in [7, 11) is 5.90. The number of non-ortho nitro benzene ring substituents is 1. The van der Waals surface area contributed by atoms with Gasteiger partial charge in [0.05, 0.1) is 43.5 Å². The third kappa shape index (κ3) is 4.09. The molecular weight excluding hydrogens is 360 g/mol. The van der Waals surface area contributed by atoms with E-state index in [1.165, 1.54) is 21.7 Å². The molecule has 0 aliphatic heterocycles. The molecule has 0 saturated carbocycles. The number of carbonyl (C=O) groups is 1. The summed E-state index contributed by atoms with van der Waals surface area (Å²) >= 11 is 0. The number of nitro groups is 1. The third-order valence-electron chi connectivity index (χ3n) is 4.34. The number of rotatable bonds is 7. The molecular formula is C19H23N6O3+. The Kier molecular flexibility index (Phi) is 5.55. The Morgan fingerprint density at radius 1 is 1.25 bits per heavy atom. The molecule has 3 rings (SSSR count). The average molecular weight is 383 g/mol. The zero-order valence-corrected chi connectivity index (χ0v) is 16.0. The van der Waals surface area contributed by atoms with Crippen LogP contribution in [0.5, 0.6) is 0 Å². The van der Waals surface area contributed by atoms with Crippen molar-refractivity contribution in [3.8, 4) is 17.1 Å². The monoisotopic (exact) mass is 383 g/mol. The van der Waals surface area contributed by atoms with Crippen molar-refractivity contribution in [3.63, 3.8) is 0 Å². The predicted octanol–water partition coefficient (Wildman–Crippen LogP) is 0.660. The molecule has 0 atom stereocenters. The highest BCUT2D eigenvalue weighted by atomic mass is 16.6. The number of benzene rings is 1. The van der Waals surface area contributed by atoms with E-state index in [0.717, 1.165) is 12.2 Å². The normalized spacial score (nSPS) is 11.0. The maximum absolute atomic E-state index is 12.8. The molecule has 1 amide bonds. The molecule has 2 N–H and O–H groups in total. The van der Waals surface area contributed by atoms with Crippen LogP contribution in [-0.4, -0.2) is 52.4 Å². The Morgan fingerprint density at radius 2 is 2.04 bits per heavy atom. The van der Waals surface area contributed by atoms with E-state index in [9.17, 15) is 14.9 Å². The molecule has 2 heterocycles. The number of aromatic nitrogens is 3. The van der Waals surface area contributed by atoms with Gasteiger partial charge in [-0.15, -0.1) is 0 Å². The van der Waals surface area contributed by atoms with Gasteiger partial charge in [-0.25, -0.2) is 4.68 Å². The molecule has 0 bridgehead atoms. The van der Waals surface area contributed by atoms with Gasteiger partial charge < -0.3 is 14.8 Å². The number of hydrogen-bond acceptors (Lipinski definition) is 4. The molecule has 0 aliphatic rings. The van der Waals surface area contributed by atoms with Gasteiger partial charge in [0.15, 0.2) is 0 Å². The summed E-state index contributed by atoms with van der Waals surface area (Å²) in [5.74, 6) is -0.277. The lowest BCUT2D eigenvalue weighted by atomic mass is 10.2. The van der Waals surface area contributed by atoms with E-state index >= 15 is 0 Å². The second-order valence-corrected chi connectivity index (χ2v) is 6.82. The van der Waals surface area contributed by atoms with Crippen LogP contribution in [0.2, 0.25) is 0 Å². The topological polar surface area (TPSA) is 99.4 Å². The molecule has 1 aromatic carbocycles. The van der Waals surface area contributed by atoms with Crippen molar-refractivity contribution in [1.29, 1.82) is 0 Å². The van der Waals surface area contributed by atoms with Crippen molar-refractivity contribution in [2.45, 2.75) is 0 Å². The number of likely N-dealkylation sites (N-methyl/N-ethyl adjacent to an activating group) is 1. The number of carbonyl (C=O) groups excluding carboxylic acids is 1. The Morgan fingerprint density at radius 3 is 2.68 bits per heavy atom. The van der Waals surface area contributed by atoms with Crippen LogP contribution in [0.25, 0.3) is 17.1 Å². The van der Waals surface area contributed by atoms with Gasteiger partial charge in [0.25, 0.3) is 11.6 Å². The van der Waals surface area contributed by atoms with Gasteiger partial charge >= 0.3 is 0 Å². The molecule has 9 heteroatoms. The summed E-state index contributed by atoms with van der Waals surface area (Å²) in [6, 6.07) is 11.6. The Balaban J connectivity index is 2.03. The van der Waals surface area contributed by atoms with Crippen molar-refractivity contribution in [1.82, 2.24) is 19.7 Å². The van der Waals surface area contributed by atoms with E-state index in [1.807, 2.05) is 44.0 Å². The van der Waals surface area contributed by atoms with Crippen molar-refractivity contribution >= 4 is 11.6 Å². The number of nitro benzene ring substituents is 1. The number of nitrogens with zero attached hydrogens (tertiary/aromatic N) is 4. The molecule has 2 aromatic heterocycles. The van der Waals surface area contributed by atoms with Crippen molar-refractivity contribution in [2.75, 3.05) is 27.2 Å². The third-order valence-corrected chi connectivity index (χ3v) is 4.34. The number of quaternary nitrogens is 1. The smallest absolute Gasteiger partial charge is 0.271 e. The summed E-state index contributed by atoms with van der Waals surface area (Å²) in [6.07, 6.45) is 1.89. The molecule has 9 nitrogen and oxygen atoms in total. The van der Waals surface area contributed by atoms with E-state index in [2.05, 4.69) is 10.4 Å². The second kappa shape index (κ2) is 8.05. The zero-order chi connectivity index (χ0) is 20.3. The van der Waals surface area contributed by atoms with Crippen molar-refractivity contribution < 1.29 is 14.6 Å². The first-order valence-corrected chi connectivity index (χ1v) is 8.90. The van der Waals surface area contributed by atoms with E-state index in [0.29, 0.717) is 23.6 Å². The highest BCUT2D eigenvalue weighted by Crippen LogP contribution is 2.23. The largest absolute Gasteiger partial charge is 0.349 e. The number of hydrogen-bond donors (Lipinski definition) is 2. The molecule has 0 aliphatic carbocycles. The van der Waals surface area contributed by atoms with Gasteiger partial charge in [-0.1, -0.05) is 6.07 Å². The van der Waals surface area contributed by atoms with Gasteiger partial charge in [-0.2, -0.15) is 5.10 Å². The fourth-order valence-electron chi connectivity index (χ4n) is 2.85. The van der Waals surface area contributed by atoms with Gasteiger partial charge in [-0.05, 0) is 24.3 Å². The number of amides is 1. The lowest BCUT2D eigenvalue weighted by Gasteiger charge is -2.10. The van der Waals surface area contributed by atoms with Crippen LogP contribution in [0.3, 0.4) is 0 Å². The Labute approximate surface area is 162 Å². The van der Waals surface area contributed by atoms with Crippen molar-refractivity contribution in [2.24, 2.45) is 7.05 Å². The van der Waals surface area contributed by atoms with E-state index in [-0.39, 0.29) is 11.6 Å². The molecule has 0 fully saturated rings. The second-order valence-electron chi connectivity index (χ2n) is 6.82. The first-order chi connectivity index (χ1) is 13.4. The lowest BCUT2D eigenvalue weighted by molar-refractivity contribution is -0.856. The predicted molar refractivity (Wildman–Crippen MR) is 105 cm³/mol. The standard InChI is InChI=1S/C19H22N6O3/c1-22(2)11-9-20-19(26)18-13-16(17-8-5-10-23(17)3)21-24(18)14-6-4-7-15(12-14)25(27)28/h4-8,10,12-13H,9,11H2,1-3H3,(H,20,26)/p+1. The van der Waals surface area contributed by atoms with Gasteiger partial charge in [-0.3, -0.25) is 14.9 Å². The number of aryl methyl sites for hydroxylation is 1. The Bertz CT molecular complexity index is 1000. The molecule has 0 radical (unpaired) electrons. The highest BCUT2D eigenvalue weighted by Gasteiger charge is 2.20. The van der Waals surface area contributed by atoms with Gasteiger partial charge in [0, 0.05) is 25.4 Å². The van der Waals surface area contributed by atoms with Crippen LogP contribution in [-0.2, 0) is 7.05 Å². The van der Waals surface area contributed by atoms with Crippen LogP contribution in [0.4, 0.5) is 5.69 Å². The zero-order valence-electron chi connectivity index (χ0n) is 16.0. The number of nitrogens with one attached hydrogen (secondary N) is 2. The summed E-state index contributed by atoms with van der Waals surface area (Å²) in [4.78, 5) is 24.7. The van der Waals surface area contributed by atoms with Crippen LogP contribution in [0.15, 0.2) is 48.7 Å². The van der Waals surface area contributed by atoms with Crippen molar-refractivity contribution in [3.05, 3.63) is 64.5 Å². The van der Waals surface area contributed by atoms with Crippen LogP contribution >= 0.6 is 0 Å². The summed E-state index contributed by atoms with van der Waals surface area (Å²) in [6.45, 7) is 1.29. The fraction of sp³-hybridized carbons (Fsp3) is 0.263. The summed E-state index contributed by atoms with van der Waals surface area (Å²) < 4.78 is 3.35. The highest BCUT2D eigenvalue weighted by molar-refractivity contribution is 5.94. The SMILES string of the molecule is Cn1cccc1-c1cc(C(=O)NCC[NH+](C)C)n(-c2cccc([N+](=O)[O-])c2)n1. The molecule has 146 valence electrons. The van der Waals surface area contributed by atoms with Crippen LogP contribution in [0.1, 0.15) is 10.5 Å². The maximum Gasteiger partial charge on any atom is 0.271 e. The van der Waals surface area contributed by atoms with Crippen LogP contribution in [0, 0.1) is 10.1 Å².